The Hall–Kier alpha value is -1.73. The van der Waals surface area contributed by atoms with Crippen LogP contribution in [0.25, 0.3) is 0 Å². The molecule has 1 saturated heterocycles. The number of carbonyl (C=O) groups is 3. The summed E-state index contributed by atoms with van der Waals surface area (Å²) in [7, 11) is 0. The van der Waals surface area contributed by atoms with Crippen LogP contribution in [0.15, 0.2) is 23.1 Å². The number of halogens is 1. The van der Waals surface area contributed by atoms with E-state index >= 15 is 0 Å². The topological polar surface area (TPSA) is 87.3 Å². The third-order valence-electron chi connectivity index (χ3n) is 3.87. The lowest BCUT2D eigenvalue weighted by molar-refractivity contribution is -0.122. The molecule has 2 atom stereocenters. The number of imide groups is 1. The normalized spacial score (nSPS) is 23.0. The molecule has 0 aliphatic carbocycles. The summed E-state index contributed by atoms with van der Waals surface area (Å²) in [6, 6.07) is 4.51. The van der Waals surface area contributed by atoms with Crippen LogP contribution in [-0.4, -0.2) is 29.6 Å². The molecule has 0 bridgehead atoms. The molecule has 4 amide bonds. The minimum absolute atomic E-state index is 0.0653. The van der Waals surface area contributed by atoms with Gasteiger partial charge in [-0.25, -0.2) is 4.79 Å². The van der Waals surface area contributed by atoms with Crippen molar-refractivity contribution >= 4 is 41.2 Å². The lowest BCUT2D eigenvalue weighted by atomic mass is 10.0. The fraction of sp³-hybridized carbons (Fsp3) is 0.400. The number of amides is 4. The molecule has 1 aromatic rings. The monoisotopic (exact) mass is 353 g/mol. The molecule has 2 aliphatic rings. The summed E-state index contributed by atoms with van der Waals surface area (Å²) >= 11 is 7.80. The fourth-order valence-electron chi connectivity index (χ4n) is 2.72. The van der Waals surface area contributed by atoms with Crippen LogP contribution < -0.4 is 16.0 Å². The van der Waals surface area contributed by atoms with Gasteiger partial charge in [0.1, 0.15) is 6.04 Å². The van der Waals surface area contributed by atoms with E-state index in [0.717, 1.165) is 22.6 Å². The van der Waals surface area contributed by atoms with Crippen LogP contribution in [0.1, 0.15) is 30.9 Å². The molecular weight excluding hydrogens is 338 g/mol. The summed E-state index contributed by atoms with van der Waals surface area (Å²) in [5, 5.41) is 8.28. The number of hydrogen-bond acceptors (Lipinski definition) is 4. The van der Waals surface area contributed by atoms with Gasteiger partial charge in [-0.15, -0.1) is 11.8 Å². The van der Waals surface area contributed by atoms with Gasteiger partial charge in [-0.1, -0.05) is 11.6 Å². The second-order valence-corrected chi connectivity index (χ2v) is 7.07. The molecule has 0 spiro atoms. The Morgan fingerprint density at radius 1 is 1.39 bits per heavy atom. The van der Waals surface area contributed by atoms with Crippen LogP contribution in [0.5, 0.6) is 0 Å². The van der Waals surface area contributed by atoms with Crippen molar-refractivity contribution in [3.05, 3.63) is 28.8 Å². The van der Waals surface area contributed by atoms with Crippen LogP contribution in [0, 0.1) is 0 Å². The Bertz CT molecular complexity index is 667. The van der Waals surface area contributed by atoms with E-state index in [-0.39, 0.29) is 30.7 Å². The molecule has 0 unspecified atom stereocenters. The smallest absolute Gasteiger partial charge is 0.322 e. The molecule has 1 aromatic carbocycles. The first-order valence-corrected chi connectivity index (χ1v) is 8.72. The zero-order chi connectivity index (χ0) is 16.4. The molecule has 8 heteroatoms. The van der Waals surface area contributed by atoms with E-state index in [0.29, 0.717) is 5.02 Å². The Morgan fingerprint density at radius 3 is 2.96 bits per heavy atom. The van der Waals surface area contributed by atoms with Crippen molar-refractivity contribution < 1.29 is 14.4 Å². The second kappa shape index (κ2) is 6.80. The van der Waals surface area contributed by atoms with Gasteiger partial charge in [0.25, 0.3) is 5.91 Å². The maximum atomic E-state index is 12.2. The summed E-state index contributed by atoms with van der Waals surface area (Å²) in [5.74, 6) is 0.413. The van der Waals surface area contributed by atoms with E-state index < -0.39 is 12.1 Å². The van der Waals surface area contributed by atoms with E-state index in [9.17, 15) is 14.4 Å². The standard InChI is InChI=1S/C15H16ClN3O3S/c16-8-1-3-12-9(7-8)10(5-6-23-12)17-13(20)4-2-11-14(21)19-15(22)18-11/h1,3,7,10-11H,2,4-6H2,(H,17,20)(H2,18,19,21,22)/t10-,11-/m0/s1. The number of fused-ring (bicyclic) bond motifs is 1. The van der Waals surface area contributed by atoms with Crippen molar-refractivity contribution in [3.8, 4) is 0 Å². The molecular formula is C15H16ClN3O3S. The Morgan fingerprint density at radius 2 is 2.22 bits per heavy atom. The Labute approximate surface area is 142 Å². The largest absolute Gasteiger partial charge is 0.349 e. The quantitative estimate of drug-likeness (QED) is 0.722. The van der Waals surface area contributed by atoms with Crippen LogP contribution in [-0.2, 0) is 9.59 Å². The summed E-state index contributed by atoms with van der Waals surface area (Å²) in [6.45, 7) is 0. The molecule has 0 saturated carbocycles. The average Bonchev–Trinajstić information content (AvgIpc) is 2.84. The van der Waals surface area contributed by atoms with Crippen molar-refractivity contribution in [2.24, 2.45) is 0 Å². The third-order valence-corrected chi connectivity index (χ3v) is 5.22. The minimum atomic E-state index is -0.628. The number of benzene rings is 1. The van der Waals surface area contributed by atoms with Crippen LogP contribution in [0.4, 0.5) is 4.79 Å². The molecule has 0 radical (unpaired) electrons. The van der Waals surface area contributed by atoms with E-state index in [1.807, 2.05) is 18.2 Å². The van der Waals surface area contributed by atoms with Crippen molar-refractivity contribution in [1.29, 1.82) is 0 Å². The number of hydrogen-bond donors (Lipinski definition) is 3. The van der Waals surface area contributed by atoms with E-state index in [1.54, 1.807) is 11.8 Å². The third kappa shape index (κ3) is 3.79. The van der Waals surface area contributed by atoms with Crippen LogP contribution in [0.3, 0.4) is 0 Å². The highest BCUT2D eigenvalue weighted by Gasteiger charge is 2.30. The van der Waals surface area contributed by atoms with Gasteiger partial charge >= 0.3 is 6.03 Å². The second-order valence-electron chi connectivity index (χ2n) is 5.49. The minimum Gasteiger partial charge on any atom is -0.349 e. The van der Waals surface area contributed by atoms with Crippen molar-refractivity contribution in [2.45, 2.75) is 36.2 Å². The zero-order valence-corrected chi connectivity index (χ0v) is 13.8. The summed E-state index contributed by atoms with van der Waals surface area (Å²) in [4.78, 5) is 35.8. The Balaban J connectivity index is 1.58. The van der Waals surface area contributed by atoms with Gasteiger partial charge in [-0.3, -0.25) is 14.9 Å². The predicted octanol–water partition coefficient (Wildman–Crippen LogP) is 1.98. The Kier molecular flexibility index (Phi) is 4.77. The number of thioether (sulfide) groups is 1. The predicted molar refractivity (Wildman–Crippen MR) is 87.4 cm³/mol. The van der Waals surface area contributed by atoms with E-state index in [4.69, 9.17) is 11.6 Å². The number of nitrogens with one attached hydrogen (secondary N) is 3. The maximum Gasteiger partial charge on any atom is 0.322 e. The fourth-order valence-corrected chi connectivity index (χ4v) is 4.01. The van der Waals surface area contributed by atoms with E-state index in [1.165, 1.54) is 0 Å². The van der Waals surface area contributed by atoms with Gasteiger partial charge in [0.15, 0.2) is 0 Å². The van der Waals surface area contributed by atoms with Gasteiger partial charge in [-0.2, -0.15) is 0 Å². The first-order chi connectivity index (χ1) is 11.0. The molecule has 0 aromatic heterocycles. The van der Waals surface area contributed by atoms with Crippen molar-refractivity contribution in [1.82, 2.24) is 16.0 Å². The highest BCUT2D eigenvalue weighted by Crippen LogP contribution is 2.37. The average molecular weight is 354 g/mol. The van der Waals surface area contributed by atoms with Gasteiger partial charge < -0.3 is 10.6 Å². The SMILES string of the molecule is O=C(CC[C@@H]1NC(=O)NC1=O)N[C@H]1CCSc2ccc(Cl)cc21. The number of rotatable bonds is 4. The summed E-state index contributed by atoms with van der Waals surface area (Å²) < 4.78 is 0. The highest BCUT2D eigenvalue weighted by molar-refractivity contribution is 7.99. The van der Waals surface area contributed by atoms with Crippen molar-refractivity contribution in [3.63, 3.8) is 0 Å². The summed E-state index contributed by atoms with van der Waals surface area (Å²) in [6.07, 6.45) is 1.30. The first kappa shape index (κ1) is 16.1. The lowest BCUT2D eigenvalue weighted by Gasteiger charge is -2.26. The highest BCUT2D eigenvalue weighted by atomic mass is 35.5. The van der Waals surface area contributed by atoms with Crippen molar-refractivity contribution in [2.75, 3.05) is 5.75 Å². The van der Waals surface area contributed by atoms with Gasteiger partial charge in [0.2, 0.25) is 5.91 Å². The molecule has 6 nitrogen and oxygen atoms in total. The van der Waals surface area contributed by atoms with E-state index in [2.05, 4.69) is 16.0 Å². The van der Waals surface area contributed by atoms with Gasteiger partial charge in [-0.05, 0) is 36.6 Å². The zero-order valence-electron chi connectivity index (χ0n) is 12.2. The van der Waals surface area contributed by atoms with Crippen LogP contribution >= 0.6 is 23.4 Å². The first-order valence-electron chi connectivity index (χ1n) is 7.36. The molecule has 2 aliphatic heterocycles. The molecule has 1 fully saturated rings. The lowest BCUT2D eigenvalue weighted by Crippen LogP contribution is -2.34. The molecule has 3 rings (SSSR count). The number of carbonyl (C=O) groups excluding carboxylic acids is 3. The molecule has 3 N–H and O–H groups in total. The number of urea groups is 1. The van der Waals surface area contributed by atoms with Gasteiger partial charge in [0.05, 0.1) is 6.04 Å². The molecule has 23 heavy (non-hydrogen) atoms. The molecule has 122 valence electrons. The van der Waals surface area contributed by atoms with Gasteiger partial charge in [0, 0.05) is 22.1 Å². The molecule has 2 heterocycles. The summed E-state index contributed by atoms with van der Waals surface area (Å²) in [5.41, 5.74) is 1.04. The maximum absolute atomic E-state index is 12.2. The van der Waals surface area contributed by atoms with Crippen LogP contribution in [0.2, 0.25) is 5.02 Å².